The van der Waals surface area contributed by atoms with Crippen molar-refractivity contribution in [2.24, 2.45) is 11.3 Å². The van der Waals surface area contributed by atoms with Crippen molar-refractivity contribution < 1.29 is 38.7 Å². The van der Waals surface area contributed by atoms with Crippen LogP contribution in [0.25, 0.3) is 10.8 Å². The maximum absolute atomic E-state index is 14.3. The molecule has 14 heteroatoms. The monoisotopic (exact) mass is 774 g/mol. The lowest BCUT2D eigenvalue weighted by atomic mass is 9.76. The van der Waals surface area contributed by atoms with Gasteiger partial charge in [0, 0.05) is 49.7 Å². The minimum absolute atomic E-state index is 0.00804. The van der Waals surface area contributed by atoms with Gasteiger partial charge in [-0.2, -0.15) is 0 Å². The summed E-state index contributed by atoms with van der Waals surface area (Å²) in [7, 11) is 3.33. The smallest absolute Gasteiger partial charge is 0.326 e. The Kier molecular flexibility index (Phi) is 15.3. The van der Waals surface area contributed by atoms with Gasteiger partial charge < -0.3 is 31.3 Å². The third kappa shape index (κ3) is 11.3. The molecule has 4 atom stereocenters. The number of rotatable bonds is 18. The molecule has 0 saturated heterocycles. The zero-order chi connectivity index (χ0) is 42.1. The Morgan fingerprint density at radius 1 is 0.893 bits per heavy atom. The van der Waals surface area contributed by atoms with Crippen molar-refractivity contribution in [3.8, 4) is 0 Å². The predicted molar refractivity (Wildman–Crippen MR) is 214 cm³/mol. The summed E-state index contributed by atoms with van der Waals surface area (Å²) in [6.07, 6.45) is 3.42. The van der Waals surface area contributed by atoms with E-state index in [1.807, 2.05) is 84.9 Å². The standard InChI is InChI=1S/C42H58N6O8/c1-25(2)31(23-26(3)37(52)45-30(40(55)56)17-18-32(49)44-21-22-48-33(50)19-20-34(48)51)47(10)39(54)36(41(4,5)6)46-38(53)35(43-9)42(7,8)29-16-15-27-13-11-12-14-28(27)24-29/h11-16,19-20,23-25,30-31,35-36,43H,17-18,21-22H2,1-10H3,(H,44,49)(H,45,52)(H,46,53)(H,55,56)/b26-23+/t30-,31-,35-,36-/m1/s1. The van der Waals surface area contributed by atoms with Crippen LogP contribution in [0.2, 0.25) is 0 Å². The fraction of sp³-hybridized carbons (Fsp3) is 0.500. The predicted octanol–water partition coefficient (Wildman–Crippen LogP) is 3.06. The van der Waals surface area contributed by atoms with E-state index in [0.29, 0.717) is 0 Å². The molecule has 304 valence electrons. The van der Waals surface area contributed by atoms with Crippen LogP contribution in [-0.4, -0.2) is 108 Å². The highest BCUT2D eigenvalue weighted by Gasteiger charge is 2.42. The fourth-order valence-electron chi connectivity index (χ4n) is 6.74. The molecular weight excluding hydrogens is 716 g/mol. The van der Waals surface area contributed by atoms with Gasteiger partial charge in [0.2, 0.25) is 23.6 Å². The first-order chi connectivity index (χ1) is 26.1. The second kappa shape index (κ2) is 19.0. The molecule has 1 aliphatic rings. The first-order valence-electron chi connectivity index (χ1n) is 18.9. The SMILES string of the molecule is CN[C@H](C(=O)N[C@H](C(=O)N(C)[C@H](/C=C(\C)C(=O)N[C@H](CCC(=O)NCCN1C(=O)C=CC1=O)C(=O)O)C(C)C)C(C)(C)C)C(C)(C)c1ccc2ccccc2c1. The van der Waals surface area contributed by atoms with Crippen molar-refractivity contribution in [1.82, 2.24) is 31.1 Å². The number of aliphatic carboxylic acids is 1. The largest absolute Gasteiger partial charge is 0.480 e. The molecule has 1 aliphatic heterocycles. The molecule has 0 aliphatic carbocycles. The number of carbonyl (C=O) groups excluding carboxylic acids is 6. The van der Waals surface area contributed by atoms with Crippen LogP contribution < -0.4 is 21.3 Å². The summed E-state index contributed by atoms with van der Waals surface area (Å²) in [5.74, 6) is -4.38. The topological polar surface area (TPSA) is 194 Å². The molecule has 0 bridgehead atoms. The number of carboxylic acids is 1. The number of hydrogen-bond donors (Lipinski definition) is 5. The number of nitrogens with zero attached hydrogens (tertiary/aromatic N) is 2. The highest BCUT2D eigenvalue weighted by atomic mass is 16.4. The summed E-state index contributed by atoms with van der Waals surface area (Å²) in [6.45, 7) is 14.8. The third-order valence-corrected chi connectivity index (χ3v) is 10.2. The number of imide groups is 1. The Labute approximate surface area is 329 Å². The average Bonchev–Trinajstić information content (AvgIpc) is 3.45. The first-order valence-corrected chi connectivity index (χ1v) is 18.9. The van der Waals surface area contributed by atoms with Gasteiger partial charge in [0.25, 0.3) is 11.8 Å². The summed E-state index contributed by atoms with van der Waals surface area (Å²) in [6, 6.07) is 10.5. The summed E-state index contributed by atoms with van der Waals surface area (Å²) >= 11 is 0. The van der Waals surface area contributed by atoms with Gasteiger partial charge in [0.05, 0.1) is 12.1 Å². The van der Waals surface area contributed by atoms with E-state index in [-0.39, 0.29) is 49.2 Å². The molecule has 1 heterocycles. The van der Waals surface area contributed by atoms with Crippen molar-refractivity contribution in [1.29, 1.82) is 0 Å². The van der Waals surface area contributed by atoms with Crippen LogP contribution >= 0.6 is 0 Å². The lowest BCUT2D eigenvalue weighted by Gasteiger charge is -2.40. The highest BCUT2D eigenvalue weighted by molar-refractivity contribution is 6.12. The van der Waals surface area contributed by atoms with Crippen LogP contribution in [0.3, 0.4) is 0 Å². The van der Waals surface area contributed by atoms with Gasteiger partial charge in [0.15, 0.2) is 0 Å². The number of amides is 6. The molecule has 6 amide bonds. The van der Waals surface area contributed by atoms with Crippen molar-refractivity contribution in [2.45, 2.75) is 97.8 Å². The van der Waals surface area contributed by atoms with Gasteiger partial charge in [-0.1, -0.05) is 97.0 Å². The Morgan fingerprint density at radius 2 is 1.50 bits per heavy atom. The van der Waals surface area contributed by atoms with Crippen LogP contribution in [0.1, 0.15) is 73.8 Å². The average molecular weight is 775 g/mol. The van der Waals surface area contributed by atoms with Gasteiger partial charge in [-0.15, -0.1) is 0 Å². The molecule has 0 radical (unpaired) electrons. The maximum atomic E-state index is 14.3. The molecule has 2 aromatic rings. The second-order valence-corrected chi connectivity index (χ2v) is 16.3. The van der Waals surface area contributed by atoms with Crippen molar-refractivity contribution in [3.05, 3.63) is 71.8 Å². The molecule has 56 heavy (non-hydrogen) atoms. The zero-order valence-electron chi connectivity index (χ0n) is 34.2. The number of benzene rings is 2. The van der Waals surface area contributed by atoms with E-state index < -0.39 is 64.6 Å². The van der Waals surface area contributed by atoms with Crippen molar-refractivity contribution in [3.63, 3.8) is 0 Å². The van der Waals surface area contributed by atoms with Gasteiger partial charge in [-0.25, -0.2) is 4.79 Å². The summed E-state index contributed by atoms with van der Waals surface area (Å²) in [4.78, 5) is 91.9. The van der Waals surface area contributed by atoms with E-state index in [9.17, 15) is 38.7 Å². The quantitative estimate of drug-likeness (QED) is 0.112. The molecular formula is C42H58N6O8. The Morgan fingerprint density at radius 3 is 2.05 bits per heavy atom. The van der Waals surface area contributed by atoms with Crippen LogP contribution in [-0.2, 0) is 39.0 Å². The molecule has 0 fully saturated rings. The highest BCUT2D eigenvalue weighted by Crippen LogP contribution is 2.31. The molecule has 2 aromatic carbocycles. The molecule has 5 N–H and O–H groups in total. The Hall–Kier alpha value is -5.37. The minimum atomic E-state index is -1.39. The minimum Gasteiger partial charge on any atom is -0.480 e. The van der Waals surface area contributed by atoms with Crippen molar-refractivity contribution in [2.75, 3.05) is 27.2 Å². The number of nitrogens with one attached hydrogen (secondary N) is 4. The lowest BCUT2D eigenvalue weighted by molar-refractivity contribution is -0.142. The number of carbonyl (C=O) groups is 7. The molecule has 14 nitrogen and oxygen atoms in total. The fourth-order valence-corrected chi connectivity index (χ4v) is 6.74. The van der Waals surface area contributed by atoms with E-state index in [1.165, 1.54) is 11.8 Å². The number of likely N-dealkylation sites (N-methyl/N-ethyl adjacent to an activating group) is 2. The molecule has 0 spiro atoms. The molecule has 0 unspecified atom stereocenters. The van der Waals surface area contributed by atoms with Gasteiger partial charge >= 0.3 is 5.97 Å². The molecule has 3 rings (SSSR count). The van der Waals surface area contributed by atoms with Crippen LogP contribution in [0.15, 0.2) is 66.3 Å². The van der Waals surface area contributed by atoms with Crippen LogP contribution in [0.4, 0.5) is 0 Å². The number of fused-ring (bicyclic) bond motifs is 1. The summed E-state index contributed by atoms with van der Waals surface area (Å²) < 4.78 is 0. The van der Waals surface area contributed by atoms with Gasteiger partial charge in [0.1, 0.15) is 12.1 Å². The van der Waals surface area contributed by atoms with Gasteiger partial charge in [-0.3, -0.25) is 33.7 Å². The summed E-state index contributed by atoms with van der Waals surface area (Å²) in [5.41, 5.74) is -0.251. The maximum Gasteiger partial charge on any atom is 0.326 e. The Balaban J connectivity index is 1.71. The van der Waals surface area contributed by atoms with Crippen molar-refractivity contribution >= 4 is 52.2 Å². The summed E-state index contributed by atoms with van der Waals surface area (Å²) in [5, 5.41) is 23.2. The molecule has 0 aromatic heterocycles. The Bertz CT molecular complexity index is 1860. The van der Waals surface area contributed by atoms with Gasteiger partial charge in [-0.05, 0) is 48.1 Å². The normalized spacial score (nSPS) is 15.7. The number of hydrogen-bond acceptors (Lipinski definition) is 8. The van der Waals surface area contributed by atoms with Crippen LogP contribution in [0, 0.1) is 11.3 Å². The van der Waals surface area contributed by atoms with E-state index >= 15 is 0 Å². The van der Waals surface area contributed by atoms with E-state index in [1.54, 1.807) is 20.2 Å². The number of carboxylic acid groups (broad SMARTS) is 1. The third-order valence-electron chi connectivity index (χ3n) is 10.2. The second-order valence-electron chi connectivity index (χ2n) is 16.3. The van der Waals surface area contributed by atoms with Crippen LogP contribution in [0.5, 0.6) is 0 Å². The lowest BCUT2D eigenvalue weighted by Crippen LogP contribution is -2.61. The van der Waals surface area contributed by atoms with E-state index in [4.69, 9.17) is 0 Å². The van der Waals surface area contributed by atoms with E-state index in [2.05, 4.69) is 27.3 Å². The molecule has 0 saturated carbocycles. The van der Waals surface area contributed by atoms with E-state index in [0.717, 1.165) is 33.4 Å². The zero-order valence-corrected chi connectivity index (χ0v) is 34.2. The first kappa shape index (κ1) is 45.0.